The quantitative estimate of drug-likeness (QED) is 0.855. The van der Waals surface area contributed by atoms with Gasteiger partial charge in [0.2, 0.25) is 0 Å². The molecule has 108 valence electrons. The van der Waals surface area contributed by atoms with E-state index in [0.29, 0.717) is 5.41 Å². The number of nitrogens with one attached hydrogen (secondary N) is 1. The summed E-state index contributed by atoms with van der Waals surface area (Å²) >= 11 is 3.46. The predicted octanol–water partition coefficient (Wildman–Crippen LogP) is 2.97. The zero-order valence-corrected chi connectivity index (χ0v) is 13.5. The largest absolute Gasteiger partial charge is 0.339 e. The second-order valence-corrected chi connectivity index (χ2v) is 7.09. The molecule has 0 saturated carbocycles. The van der Waals surface area contributed by atoms with Crippen LogP contribution in [0.5, 0.6) is 0 Å². The van der Waals surface area contributed by atoms with Gasteiger partial charge in [0.05, 0.1) is 0 Å². The van der Waals surface area contributed by atoms with Crippen molar-refractivity contribution in [1.29, 1.82) is 0 Å². The van der Waals surface area contributed by atoms with E-state index in [0.717, 1.165) is 54.6 Å². The van der Waals surface area contributed by atoms with Gasteiger partial charge in [-0.2, -0.15) is 0 Å². The summed E-state index contributed by atoms with van der Waals surface area (Å²) in [6.45, 7) is 6.06. The molecule has 1 spiro atoms. The van der Waals surface area contributed by atoms with E-state index in [4.69, 9.17) is 0 Å². The summed E-state index contributed by atoms with van der Waals surface area (Å²) in [7, 11) is 0. The Labute approximate surface area is 128 Å². The average Bonchev–Trinajstić information content (AvgIpc) is 2.90. The number of carbonyl (C=O) groups is 1. The summed E-state index contributed by atoms with van der Waals surface area (Å²) in [6.07, 6.45) is 3.54. The maximum atomic E-state index is 12.7. The molecule has 0 bridgehead atoms. The fourth-order valence-corrected chi connectivity index (χ4v) is 3.76. The number of benzene rings is 1. The van der Waals surface area contributed by atoms with Crippen molar-refractivity contribution in [3.05, 3.63) is 33.8 Å². The van der Waals surface area contributed by atoms with Gasteiger partial charge in [-0.1, -0.05) is 22.0 Å². The van der Waals surface area contributed by atoms with Crippen molar-refractivity contribution in [3.63, 3.8) is 0 Å². The third-order valence-electron chi connectivity index (χ3n) is 4.87. The molecule has 2 heterocycles. The van der Waals surface area contributed by atoms with E-state index in [1.807, 2.05) is 30.0 Å². The second kappa shape index (κ2) is 5.49. The van der Waals surface area contributed by atoms with Gasteiger partial charge in [-0.15, -0.1) is 0 Å². The fraction of sp³-hybridized carbons (Fsp3) is 0.562. The molecule has 4 heteroatoms. The van der Waals surface area contributed by atoms with Gasteiger partial charge < -0.3 is 10.2 Å². The van der Waals surface area contributed by atoms with Gasteiger partial charge in [-0.3, -0.25) is 4.79 Å². The van der Waals surface area contributed by atoms with Crippen LogP contribution in [0.4, 0.5) is 0 Å². The second-order valence-electron chi connectivity index (χ2n) is 6.18. The van der Waals surface area contributed by atoms with Crippen LogP contribution in [0.25, 0.3) is 0 Å². The first kappa shape index (κ1) is 14.1. The van der Waals surface area contributed by atoms with E-state index in [-0.39, 0.29) is 5.91 Å². The van der Waals surface area contributed by atoms with Gasteiger partial charge in [0.1, 0.15) is 0 Å². The maximum absolute atomic E-state index is 12.7. The first-order valence-corrected chi connectivity index (χ1v) is 8.15. The molecule has 0 aliphatic carbocycles. The number of rotatable bonds is 1. The SMILES string of the molecule is Cc1ccc(Br)cc1C(=O)N1CCC2(CCNC2)CC1. The molecule has 20 heavy (non-hydrogen) atoms. The zero-order valence-electron chi connectivity index (χ0n) is 11.9. The first-order chi connectivity index (χ1) is 9.60. The summed E-state index contributed by atoms with van der Waals surface area (Å²) < 4.78 is 0.972. The number of hydrogen-bond donors (Lipinski definition) is 1. The van der Waals surface area contributed by atoms with Crippen LogP contribution in [0.15, 0.2) is 22.7 Å². The average molecular weight is 337 g/mol. The van der Waals surface area contributed by atoms with Gasteiger partial charge >= 0.3 is 0 Å². The van der Waals surface area contributed by atoms with E-state index in [1.54, 1.807) is 0 Å². The summed E-state index contributed by atoms with van der Waals surface area (Å²) in [5, 5.41) is 3.47. The van der Waals surface area contributed by atoms with E-state index >= 15 is 0 Å². The third-order valence-corrected chi connectivity index (χ3v) is 5.37. The zero-order chi connectivity index (χ0) is 14.2. The number of carbonyl (C=O) groups excluding carboxylic acids is 1. The number of likely N-dealkylation sites (tertiary alicyclic amines) is 1. The number of halogens is 1. The van der Waals surface area contributed by atoms with Crippen molar-refractivity contribution in [2.45, 2.75) is 26.2 Å². The van der Waals surface area contributed by atoms with Crippen LogP contribution in [0, 0.1) is 12.3 Å². The van der Waals surface area contributed by atoms with Gasteiger partial charge in [0.25, 0.3) is 5.91 Å². The molecule has 0 atom stereocenters. The summed E-state index contributed by atoms with van der Waals surface area (Å²) in [5.41, 5.74) is 2.35. The number of nitrogens with zero attached hydrogens (tertiary/aromatic N) is 1. The standard InChI is InChI=1S/C16H21BrN2O/c1-12-2-3-13(17)10-14(12)15(20)19-8-5-16(6-9-19)4-7-18-11-16/h2-3,10,18H,4-9,11H2,1H3. The molecule has 3 nitrogen and oxygen atoms in total. The van der Waals surface area contributed by atoms with Crippen LogP contribution in [0.2, 0.25) is 0 Å². The van der Waals surface area contributed by atoms with Crippen LogP contribution in [0.3, 0.4) is 0 Å². The molecule has 2 saturated heterocycles. The van der Waals surface area contributed by atoms with Crippen LogP contribution in [-0.4, -0.2) is 37.0 Å². The van der Waals surface area contributed by atoms with Gasteiger partial charge in [0, 0.05) is 29.7 Å². The number of amides is 1. The number of hydrogen-bond acceptors (Lipinski definition) is 2. The van der Waals surface area contributed by atoms with Gasteiger partial charge in [-0.25, -0.2) is 0 Å². The van der Waals surface area contributed by atoms with E-state index in [1.165, 1.54) is 6.42 Å². The highest BCUT2D eigenvalue weighted by atomic mass is 79.9. The topological polar surface area (TPSA) is 32.3 Å². The smallest absolute Gasteiger partial charge is 0.254 e. The lowest BCUT2D eigenvalue weighted by atomic mass is 9.77. The van der Waals surface area contributed by atoms with E-state index in [2.05, 4.69) is 21.2 Å². The van der Waals surface area contributed by atoms with Crippen molar-refractivity contribution < 1.29 is 4.79 Å². The highest BCUT2D eigenvalue weighted by Crippen LogP contribution is 2.37. The molecular formula is C16H21BrN2O. The molecule has 0 unspecified atom stereocenters. The monoisotopic (exact) mass is 336 g/mol. The van der Waals surface area contributed by atoms with Crippen LogP contribution in [-0.2, 0) is 0 Å². The van der Waals surface area contributed by atoms with E-state index < -0.39 is 0 Å². The Morgan fingerprint density at radius 3 is 2.70 bits per heavy atom. The minimum Gasteiger partial charge on any atom is -0.339 e. The first-order valence-electron chi connectivity index (χ1n) is 7.36. The van der Waals surface area contributed by atoms with Gasteiger partial charge in [0.15, 0.2) is 0 Å². The lowest BCUT2D eigenvalue weighted by Crippen LogP contribution is -2.44. The molecular weight excluding hydrogens is 316 g/mol. The predicted molar refractivity (Wildman–Crippen MR) is 83.9 cm³/mol. The lowest BCUT2D eigenvalue weighted by Gasteiger charge is -2.39. The Bertz CT molecular complexity index is 513. The van der Waals surface area contributed by atoms with Crippen LogP contribution in [0.1, 0.15) is 35.2 Å². The molecule has 2 aliphatic rings. The summed E-state index contributed by atoms with van der Waals surface area (Å²) in [6, 6.07) is 5.93. The normalized spacial score (nSPS) is 21.4. The Kier molecular flexibility index (Phi) is 3.87. The summed E-state index contributed by atoms with van der Waals surface area (Å²) in [4.78, 5) is 14.7. The van der Waals surface area contributed by atoms with Gasteiger partial charge in [-0.05, 0) is 55.8 Å². The van der Waals surface area contributed by atoms with Crippen LogP contribution < -0.4 is 5.32 Å². The molecule has 2 aliphatic heterocycles. The maximum Gasteiger partial charge on any atom is 0.254 e. The van der Waals surface area contributed by atoms with Crippen molar-refractivity contribution in [3.8, 4) is 0 Å². The molecule has 1 amide bonds. The number of aryl methyl sites for hydroxylation is 1. The Morgan fingerprint density at radius 1 is 1.30 bits per heavy atom. The highest BCUT2D eigenvalue weighted by Gasteiger charge is 2.38. The fourth-order valence-electron chi connectivity index (χ4n) is 3.40. The Hall–Kier alpha value is -0.870. The molecule has 3 rings (SSSR count). The number of piperidine rings is 1. The van der Waals surface area contributed by atoms with Crippen molar-refractivity contribution in [2.24, 2.45) is 5.41 Å². The van der Waals surface area contributed by atoms with E-state index in [9.17, 15) is 4.79 Å². The molecule has 1 aromatic rings. The molecule has 0 aromatic heterocycles. The minimum atomic E-state index is 0.185. The summed E-state index contributed by atoms with van der Waals surface area (Å²) in [5.74, 6) is 0.185. The Morgan fingerprint density at radius 2 is 2.05 bits per heavy atom. The Balaban J connectivity index is 1.71. The van der Waals surface area contributed by atoms with Crippen molar-refractivity contribution in [2.75, 3.05) is 26.2 Å². The van der Waals surface area contributed by atoms with Crippen molar-refractivity contribution >= 4 is 21.8 Å². The third kappa shape index (κ3) is 2.63. The van der Waals surface area contributed by atoms with Crippen LogP contribution >= 0.6 is 15.9 Å². The molecule has 1 N–H and O–H groups in total. The minimum absolute atomic E-state index is 0.185. The molecule has 0 radical (unpaired) electrons. The highest BCUT2D eigenvalue weighted by molar-refractivity contribution is 9.10. The molecule has 1 aromatic carbocycles. The lowest BCUT2D eigenvalue weighted by molar-refractivity contribution is 0.0607. The molecule has 2 fully saturated rings. The van der Waals surface area contributed by atoms with Crippen molar-refractivity contribution in [1.82, 2.24) is 10.2 Å².